The summed E-state index contributed by atoms with van der Waals surface area (Å²) in [7, 11) is 0.459. The molecular formula is C27H45NO9Si. The van der Waals surface area contributed by atoms with Gasteiger partial charge in [0.15, 0.2) is 0 Å². The van der Waals surface area contributed by atoms with Gasteiger partial charge in [-0.3, -0.25) is 0 Å². The van der Waals surface area contributed by atoms with Gasteiger partial charge in [0.05, 0.1) is 27.4 Å². The number of hydrogen-bond acceptors (Lipinski definition) is 9. The Labute approximate surface area is 228 Å². The minimum atomic E-state index is -2.69. The Bertz CT molecular complexity index is 818. The van der Waals surface area contributed by atoms with Crippen molar-refractivity contribution in [1.29, 1.82) is 0 Å². The SMILES string of the molecule is CCO[Si](CCCNC(=O)OCCCCCCOC(=O)/C=C/c1cc(OC)ccc1OC)(OCC)OCC. The molecule has 0 aliphatic rings. The molecule has 11 heteroatoms. The highest BCUT2D eigenvalue weighted by atomic mass is 28.4. The van der Waals surface area contributed by atoms with Gasteiger partial charge in [0, 0.05) is 44.0 Å². The molecular weight excluding hydrogens is 510 g/mol. The van der Waals surface area contributed by atoms with Gasteiger partial charge in [0.25, 0.3) is 0 Å². The van der Waals surface area contributed by atoms with Gasteiger partial charge in [-0.2, -0.15) is 0 Å². The molecule has 1 rings (SSSR count). The van der Waals surface area contributed by atoms with Crippen molar-refractivity contribution in [3.05, 3.63) is 29.8 Å². The van der Waals surface area contributed by atoms with Crippen LogP contribution in [0, 0.1) is 0 Å². The molecule has 0 spiro atoms. The molecule has 0 aliphatic heterocycles. The van der Waals surface area contributed by atoms with Crippen LogP contribution in [0.2, 0.25) is 6.04 Å². The number of carbonyl (C=O) groups is 2. The summed E-state index contributed by atoms with van der Waals surface area (Å²) in [5.41, 5.74) is 0.726. The number of methoxy groups -OCH3 is 2. The van der Waals surface area contributed by atoms with Crippen LogP contribution in [-0.4, -0.2) is 74.7 Å². The first kappa shape index (κ1) is 33.4. The first-order valence-corrected chi connectivity index (χ1v) is 15.3. The van der Waals surface area contributed by atoms with Gasteiger partial charge in [-0.25, -0.2) is 9.59 Å². The number of amides is 1. The summed E-state index contributed by atoms with van der Waals surface area (Å²) in [5, 5.41) is 2.76. The van der Waals surface area contributed by atoms with Gasteiger partial charge < -0.3 is 37.5 Å². The third-order valence-electron chi connectivity index (χ3n) is 5.37. The quantitative estimate of drug-likeness (QED) is 0.0971. The normalized spacial score (nSPS) is 11.4. The summed E-state index contributed by atoms with van der Waals surface area (Å²) in [6, 6.07) is 5.98. The molecule has 0 fully saturated rings. The van der Waals surface area contributed by atoms with E-state index in [-0.39, 0.29) is 0 Å². The molecule has 0 aromatic heterocycles. The van der Waals surface area contributed by atoms with Gasteiger partial charge in [0.1, 0.15) is 11.5 Å². The number of alkyl carbamates (subject to hydrolysis) is 1. The zero-order valence-electron chi connectivity index (χ0n) is 23.5. The number of rotatable bonds is 21. The first-order chi connectivity index (χ1) is 18.4. The van der Waals surface area contributed by atoms with Crippen LogP contribution in [0.4, 0.5) is 4.79 Å². The average Bonchev–Trinajstić information content (AvgIpc) is 2.91. The van der Waals surface area contributed by atoms with Crippen molar-refractivity contribution in [2.24, 2.45) is 0 Å². The monoisotopic (exact) mass is 555 g/mol. The van der Waals surface area contributed by atoms with Gasteiger partial charge in [-0.1, -0.05) is 0 Å². The van der Waals surface area contributed by atoms with Gasteiger partial charge in [0.2, 0.25) is 0 Å². The number of benzene rings is 1. The highest BCUT2D eigenvalue weighted by molar-refractivity contribution is 6.60. The lowest BCUT2D eigenvalue weighted by Crippen LogP contribution is -2.46. The molecule has 0 heterocycles. The second-order valence-electron chi connectivity index (χ2n) is 8.17. The van der Waals surface area contributed by atoms with E-state index in [1.165, 1.54) is 6.08 Å². The van der Waals surface area contributed by atoms with Crippen LogP contribution in [0.3, 0.4) is 0 Å². The molecule has 0 bridgehead atoms. The predicted octanol–water partition coefficient (Wildman–Crippen LogP) is 4.99. The van der Waals surface area contributed by atoms with E-state index in [4.69, 9.17) is 32.2 Å². The maximum atomic E-state index is 12.0. The van der Waals surface area contributed by atoms with Gasteiger partial charge >= 0.3 is 20.9 Å². The average molecular weight is 556 g/mol. The Balaban J connectivity index is 2.14. The number of carbonyl (C=O) groups excluding carboxylic acids is 2. The second-order valence-corrected chi connectivity index (χ2v) is 10.9. The molecule has 0 atom stereocenters. The van der Waals surface area contributed by atoms with Crippen molar-refractivity contribution in [3.8, 4) is 11.5 Å². The Morgan fingerprint density at radius 2 is 1.47 bits per heavy atom. The highest BCUT2D eigenvalue weighted by Gasteiger charge is 2.39. The molecule has 216 valence electrons. The summed E-state index contributed by atoms with van der Waals surface area (Å²) in [4.78, 5) is 23.9. The van der Waals surface area contributed by atoms with E-state index in [0.717, 1.165) is 31.2 Å². The van der Waals surface area contributed by atoms with E-state index in [1.54, 1.807) is 38.5 Å². The van der Waals surface area contributed by atoms with E-state index < -0.39 is 20.9 Å². The first-order valence-electron chi connectivity index (χ1n) is 13.3. The zero-order chi connectivity index (χ0) is 28.1. The lowest BCUT2D eigenvalue weighted by Gasteiger charge is -2.28. The minimum Gasteiger partial charge on any atom is -0.497 e. The van der Waals surface area contributed by atoms with Crippen LogP contribution in [0.25, 0.3) is 6.08 Å². The van der Waals surface area contributed by atoms with Crippen LogP contribution in [0.15, 0.2) is 24.3 Å². The van der Waals surface area contributed by atoms with Crippen LogP contribution >= 0.6 is 0 Å². The zero-order valence-corrected chi connectivity index (χ0v) is 24.5. The Kier molecular flexibility index (Phi) is 17.9. The van der Waals surface area contributed by atoms with Gasteiger partial charge in [-0.05, 0) is 77.2 Å². The van der Waals surface area contributed by atoms with Crippen molar-refractivity contribution in [1.82, 2.24) is 5.32 Å². The van der Waals surface area contributed by atoms with Crippen molar-refractivity contribution in [3.63, 3.8) is 0 Å². The minimum absolute atomic E-state index is 0.329. The summed E-state index contributed by atoms with van der Waals surface area (Å²) in [5.74, 6) is 0.892. The maximum Gasteiger partial charge on any atom is 0.500 e. The van der Waals surface area contributed by atoms with Crippen molar-refractivity contribution >= 4 is 26.9 Å². The Morgan fingerprint density at radius 3 is 2.05 bits per heavy atom. The fourth-order valence-corrected chi connectivity index (χ4v) is 6.23. The van der Waals surface area contributed by atoms with E-state index in [2.05, 4.69) is 5.32 Å². The van der Waals surface area contributed by atoms with Crippen LogP contribution in [0.1, 0.15) is 58.4 Å². The van der Waals surface area contributed by atoms with Crippen LogP contribution in [-0.2, 0) is 27.5 Å². The third kappa shape index (κ3) is 13.8. The Hall–Kier alpha value is -2.60. The summed E-state index contributed by atoms with van der Waals surface area (Å²) >= 11 is 0. The fraction of sp³-hybridized carbons (Fsp3) is 0.630. The molecule has 38 heavy (non-hydrogen) atoms. The second kappa shape index (κ2) is 20.4. The largest absolute Gasteiger partial charge is 0.500 e. The van der Waals surface area contributed by atoms with Crippen LogP contribution in [0.5, 0.6) is 11.5 Å². The fourth-order valence-electron chi connectivity index (χ4n) is 3.62. The van der Waals surface area contributed by atoms with E-state index in [9.17, 15) is 9.59 Å². The molecule has 0 saturated heterocycles. The van der Waals surface area contributed by atoms with Crippen molar-refractivity contribution < 1.29 is 41.8 Å². The summed E-state index contributed by atoms with van der Waals surface area (Å²) in [6.07, 6.45) is 6.47. The Morgan fingerprint density at radius 1 is 0.842 bits per heavy atom. The molecule has 0 aliphatic carbocycles. The summed E-state index contributed by atoms with van der Waals surface area (Å²) < 4.78 is 38.4. The highest BCUT2D eigenvalue weighted by Crippen LogP contribution is 2.25. The number of unbranched alkanes of at least 4 members (excludes halogenated alkanes) is 3. The number of ether oxygens (including phenoxy) is 4. The number of hydrogen-bond donors (Lipinski definition) is 1. The molecule has 1 amide bonds. The third-order valence-corrected chi connectivity index (χ3v) is 8.53. The van der Waals surface area contributed by atoms with Crippen LogP contribution < -0.4 is 14.8 Å². The molecule has 0 radical (unpaired) electrons. The standard InChI is InChI=1S/C27H45NO9Si/c1-6-35-38(36-7-2,37-8-3)21-13-18-28-27(30)34-20-12-10-9-11-19-33-26(29)17-14-23-22-24(31-4)15-16-25(23)32-5/h14-17,22H,6-13,18-21H2,1-5H3,(H,28,30)/b17-14+. The maximum absolute atomic E-state index is 12.0. The van der Waals surface area contributed by atoms with Crippen molar-refractivity contribution in [2.75, 3.05) is 53.8 Å². The molecule has 1 aromatic carbocycles. The molecule has 0 unspecified atom stereocenters. The summed E-state index contributed by atoms with van der Waals surface area (Å²) in [6.45, 7) is 8.48. The lowest BCUT2D eigenvalue weighted by atomic mass is 10.1. The van der Waals surface area contributed by atoms with Crippen molar-refractivity contribution in [2.45, 2.75) is 58.9 Å². The molecule has 1 N–H and O–H groups in total. The number of nitrogens with one attached hydrogen (secondary N) is 1. The van der Waals surface area contributed by atoms with E-state index in [1.807, 2.05) is 20.8 Å². The smallest absolute Gasteiger partial charge is 0.497 e. The van der Waals surface area contributed by atoms with E-state index >= 15 is 0 Å². The topological polar surface area (TPSA) is 111 Å². The lowest BCUT2D eigenvalue weighted by molar-refractivity contribution is -0.137. The number of esters is 1. The van der Waals surface area contributed by atoms with E-state index in [0.29, 0.717) is 63.5 Å². The molecule has 1 aromatic rings. The molecule has 10 nitrogen and oxygen atoms in total. The molecule has 0 saturated carbocycles. The van der Waals surface area contributed by atoms with Gasteiger partial charge in [-0.15, -0.1) is 0 Å². The predicted molar refractivity (Wildman–Crippen MR) is 147 cm³/mol.